The third-order valence-electron chi connectivity index (χ3n) is 5.21. The maximum atomic E-state index is 13.0. The zero-order valence-electron chi connectivity index (χ0n) is 16.2. The Balaban J connectivity index is 1.62. The lowest BCUT2D eigenvalue weighted by Gasteiger charge is -2.39. The highest BCUT2D eigenvalue weighted by atomic mass is 16.2. The molecule has 3 heterocycles. The van der Waals surface area contributed by atoms with Gasteiger partial charge in [-0.3, -0.25) is 19.6 Å². The molecule has 6 nitrogen and oxygen atoms in total. The molecule has 0 N–H and O–H groups in total. The first kappa shape index (κ1) is 18.8. The molecule has 2 amide bonds. The lowest BCUT2D eigenvalue weighted by atomic mass is 9.97. The van der Waals surface area contributed by atoms with Crippen molar-refractivity contribution in [3.63, 3.8) is 0 Å². The highest BCUT2D eigenvalue weighted by molar-refractivity contribution is 5.97. The monoisotopic (exact) mass is 386 g/mol. The maximum Gasteiger partial charge on any atom is 0.273 e. The summed E-state index contributed by atoms with van der Waals surface area (Å²) in [7, 11) is 1.78. The van der Waals surface area contributed by atoms with Crippen molar-refractivity contribution >= 4 is 11.8 Å². The fraction of sp³-hybridized carbons (Fsp3) is 0.217. The van der Waals surface area contributed by atoms with E-state index in [9.17, 15) is 9.59 Å². The number of benzene rings is 1. The van der Waals surface area contributed by atoms with Crippen molar-refractivity contribution in [3.8, 4) is 11.1 Å². The molecule has 1 aromatic carbocycles. The minimum atomic E-state index is -0.549. The topological polar surface area (TPSA) is 66.4 Å². The Kier molecular flexibility index (Phi) is 5.33. The van der Waals surface area contributed by atoms with Crippen molar-refractivity contribution in [1.82, 2.24) is 19.8 Å². The van der Waals surface area contributed by atoms with Crippen molar-refractivity contribution < 1.29 is 9.59 Å². The van der Waals surface area contributed by atoms with Crippen LogP contribution in [0.5, 0.6) is 0 Å². The number of carbonyl (C=O) groups is 2. The Labute approximate surface area is 169 Å². The molecule has 0 saturated carbocycles. The van der Waals surface area contributed by atoms with Crippen LogP contribution in [0.4, 0.5) is 0 Å². The molecular weight excluding hydrogens is 364 g/mol. The summed E-state index contributed by atoms with van der Waals surface area (Å²) in [6, 6.07) is 16.6. The second-order valence-corrected chi connectivity index (χ2v) is 7.14. The molecule has 1 aliphatic rings. The summed E-state index contributed by atoms with van der Waals surface area (Å²) < 4.78 is 0. The van der Waals surface area contributed by atoms with Gasteiger partial charge in [0.1, 0.15) is 11.7 Å². The van der Waals surface area contributed by atoms with Gasteiger partial charge in [-0.1, -0.05) is 36.4 Å². The summed E-state index contributed by atoms with van der Waals surface area (Å²) in [5.41, 5.74) is 3.41. The van der Waals surface area contributed by atoms with Gasteiger partial charge in [0, 0.05) is 45.1 Å². The van der Waals surface area contributed by atoms with Gasteiger partial charge >= 0.3 is 0 Å². The molecule has 6 heteroatoms. The number of pyridine rings is 2. The Hall–Kier alpha value is -3.54. The molecule has 4 rings (SSSR count). The van der Waals surface area contributed by atoms with Gasteiger partial charge in [0.15, 0.2) is 0 Å². The van der Waals surface area contributed by atoms with E-state index in [0.717, 1.165) is 16.7 Å². The molecule has 1 aliphatic heterocycles. The summed E-state index contributed by atoms with van der Waals surface area (Å²) in [5.74, 6) is -0.257. The second-order valence-electron chi connectivity index (χ2n) is 7.14. The smallest absolute Gasteiger partial charge is 0.273 e. The molecule has 1 fully saturated rings. The molecule has 0 bridgehead atoms. The predicted octanol–water partition coefficient (Wildman–Crippen LogP) is 2.67. The second kappa shape index (κ2) is 8.22. The van der Waals surface area contributed by atoms with Crippen molar-refractivity contribution in [2.75, 3.05) is 20.1 Å². The van der Waals surface area contributed by atoms with Crippen LogP contribution >= 0.6 is 0 Å². The van der Waals surface area contributed by atoms with Crippen molar-refractivity contribution in [1.29, 1.82) is 0 Å². The third-order valence-corrected chi connectivity index (χ3v) is 5.21. The molecule has 29 heavy (non-hydrogen) atoms. The van der Waals surface area contributed by atoms with Crippen LogP contribution in [0.1, 0.15) is 16.1 Å². The zero-order valence-corrected chi connectivity index (χ0v) is 16.2. The molecule has 0 aliphatic carbocycles. The van der Waals surface area contributed by atoms with Crippen molar-refractivity contribution in [2.45, 2.75) is 12.5 Å². The van der Waals surface area contributed by atoms with E-state index in [4.69, 9.17) is 0 Å². The molecule has 146 valence electrons. The third kappa shape index (κ3) is 4.01. The van der Waals surface area contributed by atoms with E-state index in [1.54, 1.807) is 47.4 Å². The van der Waals surface area contributed by atoms with Gasteiger partial charge in [-0.05, 0) is 34.9 Å². The molecular formula is C23H22N4O2. The van der Waals surface area contributed by atoms with E-state index < -0.39 is 6.04 Å². The minimum absolute atomic E-state index is 0.0488. The van der Waals surface area contributed by atoms with Crippen molar-refractivity contribution in [2.24, 2.45) is 0 Å². The van der Waals surface area contributed by atoms with Crippen molar-refractivity contribution in [3.05, 3.63) is 84.4 Å². The van der Waals surface area contributed by atoms with Crippen LogP contribution in [-0.2, 0) is 11.2 Å². The molecule has 2 aromatic heterocycles. The lowest BCUT2D eigenvalue weighted by Crippen LogP contribution is -2.58. The van der Waals surface area contributed by atoms with Crippen LogP contribution in [0.25, 0.3) is 11.1 Å². The summed E-state index contributed by atoms with van der Waals surface area (Å²) in [6.45, 7) is 1.01. The van der Waals surface area contributed by atoms with Gasteiger partial charge in [0.25, 0.3) is 5.91 Å². The number of amides is 2. The number of nitrogens with zero attached hydrogens (tertiary/aromatic N) is 4. The first-order valence-corrected chi connectivity index (χ1v) is 9.60. The van der Waals surface area contributed by atoms with Crippen LogP contribution < -0.4 is 0 Å². The molecule has 0 radical (unpaired) electrons. The van der Waals surface area contributed by atoms with Gasteiger partial charge in [0.2, 0.25) is 5.91 Å². The fourth-order valence-corrected chi connectivity index (χ4v) is 3.62. The average molecular weight is 386 g/mol. The Morgan fingerprint density at radius 2 is 1.90 bits per heavy atom. The number of hydrogen-bond acceptors (Lipinski definition) is 4. The number of piperazine rings is 1. The van der Waals surface area contributed by atoms with Crippen LogP contribution in [-0.4, -0.2) is 57.8 Å². The van der Waals surface area contributed by atoms with Gasteiger partial charge in [-0.2, -0.15) is 0 Å². The average Bonchev–Trinajstić information content (AvgIpc) is 2.78. The SMILES string of the molecule is CN1CCN(C(=O)c2ccccn2)C(Cc2cccc(-c3cccnc3)c2)C1=O. The first-order valence-electron chi connectivity index (χ1n) is 9.60. The first-order chi connectivity index (χ1) is 14.1. The minimum Gasteiger partial charge on any atom is -0.342 e. The number of carbonyl (C=O) groups excluding carboxylic acids is 2. The van der Waals surface area contributed by atoms with Crippen LogP contribution in [0.15, 0.2) is 73.2 Å². The number of rotatable bonds is 4. The summed E-state index contributed by atoms with van der Waals surface area (Å²) in [5, 5.41) is 0. The van der Waals surface area contributed by atoms with Gasteiger partial charge < -0.3 is 9.80 Å². The maximum absolute atomic E-state index is 13.0. The normalized spacial score (nSPS) is 16.7. The van der Waals surface area contributed by atoms with E-state index in [1.165, 1.54) is 0 Å². The van der Waals surface area contributed by atoms with Crippen LogP contribution in [0, 0.1) is 0 Å². The number of hydrogen-bond donors (Lipinski definition) is 0. The summed E-state index contributed by atoms with van der Waals surface area (Å²) in [6.07, 6.45) is 5.61. The molecule has 1 saturated heterocycles. The molecule has 3 aromatic rings. The summed E-state index contributed by atoms with van der Waals surface area (Å²) in [4.78, 5) is 37.7. The Bertz CT molecular complexity index is 1010. The van der Waals surface area contributed by atoms with E-state index in [-0.39, 0.29) is 11.8 Å². The van der Waals surface area contributed by atoms with Gasteiger partial charge in [0.05, 0.1) is 0 Å². The number of aromatic nitrogens is 2. The fourth-order valence-electron chi connectivity index (χ4n) is 3.62. The van der Waals surface area contributed by atoms with Gasteiger partial charge in [-0.15, -0.1) is 0 Å². The molecule has 1 unspecified atom stereocenters. The Morgan fingerprint density at radius 3 is 2.66 bits per heavy atom. The molecule has 0 spiro atoms. The van der Waals surface area contributed by atoms with E-state index in [1.807, 2.05) is 36.5 Å². The highest BCUT2D eigenvalue weighted by Crippen LogP contribution is 2.23. The zero-order chi connectivity index (χ0) is 20.2. The van der Waals surface area contributed by atoms with Crippen LogP contribution in [0.2, 0.25) is 0 Å². The van der Waals surface area contributed by atoms with E-state index in [2.05, 4.69) is 16.0 Å². The van der Waals surface area contributed by atoms with Crippen LogP contribution in [0.3, 0.4) is 0 Å². The quantitative estimate of drug-likeness (QED) is 0.691. The van der Waals surface area contributed by atoms with Gasteiger partial charge in [-0.25, -0.2) is 0 Å². The van der Waals surface area contributed by atoms with E-state index >= 15 is 0 Å². The standard InChI is InChI=1S/C23H22N4O2/c1-26-12-13-27(22(28)20-9-2-3-11-25-20)21(23(26)29)15-17-6-4-7-18(14-17)19-8-5-10-24-16-19/h2-11,14,16,21H,12-13,15H2,1H3. The number of likely N-dealkylation sites (N-methyl/N-ethyl adjacent to an activating group) is 1. The largest absolute Gasteiger partial charge is 0.342 e. The lowest BCUT2D eigenvalue weighted by molar-refractivity contribution is -0.138. The predicted molar refractivity (Wildman–Crippen MR) is 110 cm³/mol. The highest BCUT2D eigenvalue weighted by Gasteiger charge is 2.36. The summed E-state index contributed by atoms with van der Waals surface area (Å²) >= 11 is 0. The Morgan fingerprint density at radius 1 is 1.03 bits per heavy atom. The molecule has 1 atom stereocenters. The van der Waals surface area contributed by atoms with E-state index in [0.29, 0.717) is 25.2 Å².